The topological polar surface area (TPSA) is 221 Å². The fourth-order valence-electron chi connectivity index (χ4n) is 11.7. The number of benzene rings is 3. The number of carbonyl (C=O) groups is 1. The summed E-state index contributed by atoms with van der Waals surface area (Å²) >= 11 is 0. The lowest BCUT2D eigenvalue weighted by molar-refractivity contribution is -0.384. The number of anilines is 2. The van der Waals surface area contributed by atoms with Crippen LogP contribution in [-0.2, 0) is 16.6 Å². The summed E-state index contributed by atoms with van der Waals surface area (Å²) in [5.41, 5.74) is 3.47. The van der Waals surface area contributed by atoms with Crippen molar-refractivity contribution >= 4 is 44.0 Å². The molecule has 2 aliphatic heterocycles. The molecule has 74 heavy (non-hydrogen) atoms. The highest BCUT2D eigenvalue weighted by molar-refractivity contribution is 7.90. The predicted octanol–water partition coefficient (Wildman–Crippen LogP) is 8.97. The number of amides is 1. The first-order valence-corrected chi connectivity index (χ1v) is 27.3. The summed E-state index contributed by atoms with van der Waals surface area (Å²) in [5, 5.41) is 26.5. The Bertz CT molecular complexity index is 3100. The molecule has 2 saturated carbocycles. The van der Waals surface area contributed by atoms with Crippen LogP contribution in [0.5, 0.6) is 17.2 Å². The van der Waals surface area contributed by atoms with Crippen molar-refractivity contribution in [3.8, 4) is 17.2 Å². The molecule has 3 aromatic carbocycles. The highest BCUT2D eigenvalue weighted by Crippen LogP contribution is 2.53. The Balaban J connectivity index is 0.830. The third-order valence-corrected chi connectivity index (χ3v) is 17.4. The first kappa shape index (κ1) is 50.8. The van der Waals surface area contributed by atoms with Gasteiger partial charge in [-0.1, -0.05) is 38.1 Å². The first-order chi connectivity index (χ1) is 35.5. The molecular weight excluding hydrogens is 961 g/mol. The van der Waals surface area contributed by atoms with E-state index in [4.69, 9.17) is 9.47 Å². The summed E-state index contributed by atoms with van der Waals surface area (Å²) < 4.78 is 41.5. The molecule has 5 heterocycles. The fourth-order valence-corrected chi connectivity index (χ4v) is 12.6. The average Bonchev–Trinajstić information content (AvgIpc) is 3.86. The molecule has 2 aliphatic carbocycles. The lowest BCUT2D eigenvalue weighted by Gasteiger charge is -2.58. The van der Waals surface area contributed by atoms with Crippen LogP contribution < -0.4 is 24.4 Å². The van der Waals surface area contributed by atoms with E-state index in [0.717, 1.165) is 94.2 Å². The Morgan fingerprint density at radius 3 is 2.41 bits per heavy atom. The number of nitrogens with zero attached hydrogens (tertiary/aromatic N) is 7. The van der Waals surface area contributed by atoms with Gasteiger partial charge in [0.05, 0.1) is 53.2 Å². The van der Waals surface area contributed by atoms with Gasteiger partial charge in [-0.2, -0.15) is 0 Å². The minimum absolute atomic E-state index is 0.0359. The maximum atomic E-state index is 14.1. The van der Waals surface area contributed by atoms with Gasteiger partial charge in [-0.3, -0.25) is 24.7 Å². The van der Waals surface area contributed by atoms with Crippen molar-refractivity contribution in [3.63, 3.8) is 0 Å². The predicted molar refractivity (Wildman–Crippen MR) is 282 cm³/mol. The molecule has 10 rings (SSSR count). The largest absolute Gasteiger partial charge is 0.494 e. The number of nitro groups is 1. The molecule has 4 aliphatic rings. The summed E-state index contributed by atoms with van der Waals surface area (Å²) in [6.45, 7) is 11.8. The molecule has 4 N–H and O–H groups in total. The molecule has 2 saturated heterocycles. The Morgan fingerprint density at radius 2 is 1.68 bits per heavy atom. The maximum Gasteiger partial charge on any atom is 0.293 e. The minimum Gasteiger partial charge on any atom is -0.494 e. The molecule has 1 amide bonds. The van der Waals surface area contributed by atoms with E-state index in [-0.39, 0.29) is 34.4 Å². The third-order valence-electron chi connectivity index (χ3n) is 16.0. The zero-order valence-corrected chi connectivity index (χ0v) is 43.3. The van der Waals surface area contributed by atoms with Gasteiger partial charge in [0.2, 0.25) is 0 Å². The molecule has 6 aromatic rings. The summed E-state index contributed by atoms with van der Waals surface area (Å²) in [6, 6.07) is 21.9. The minimum atomic E-state index is -4.59. The van der Waals surface area contributed by atoms with Gasteiger partial charge in [0.15, 0.2) is 5.75 Å². The Morgan fingerprint density at radius 1 is 0.932 bits per heavy atom. The summed E-state index contributed by atoms with van der Waals surface area (Å²) in [6.07, 6.45) is 13.8. The van der Waals surface area contributed by atoms with Gasteiger partial charge >= 0.3 is 0 Å². The van der Waals surface area contributed by atoms with Crippen molar-refractivity contribution < 1.29 is 32.7 Å². The molecule has 1 spiro atoms. The number of rotatable bonds is 16. The Labute approximate surface area is 432 Å². The van der Waals surface area contributed by atoms with E-state index in [1.807, 2.05) is 19.1 Å². The van der Waals surface area contributed by atoms with Crippen molar-refractivity contribution in [2.24, 2.45) is 11.3 Å². The number of hydrogen-bond acceptors (Lipinski definition) is 15. The van der Waals surface area contributed by atoms with Crippen molar-refractivity contribution in [2.45, 2.75) is 107 Å². The lowest BCUT2D eigenvalue weighted by Crippen LogP contribution is -2.60. The number of ether oxygens (including phenoxy) is 2. The quantitative estimate of drug-likeness (QED) is 0.0525. The fraction of sp³-hybridized carbons (Fsp3) is 0.455. The zero-order valence-electron chi connectivity index (χ0n) is 42.5. The van der Waals surface area contributed by atoms with Gasteiger partial charge in [-0.25, -0.2) is 28.1 Å². The van der Waals surface area contributed by atoms with Crippen LogP contribution in [0.15, 0.2) is 102 Å². The number of piperazine rings is 1. The van der Waals surface area contributed by atoms with Crippen LogP contribution in [0.25, 0.3) is 11.0 Å². The van der Waals surface area contributed by atoms with Crippen molar-refractivity contribution in [1.29, 1.82) is 0 Å². The van der Waals surface area contributed by atoms with Crippen molar-refractivity contribution in [3.05, 3.63) is 130 Å². The highest BCUT2D eigenvalue weighted by atomic mass is 32.2. The molecule has 0 bridgehead atoms. The number of methoxy groups -OCH3 is 1. The van der Waals surface area contributed by atoms with Crippen LogP contribution in [0.4, 0.5) is 17.1 Å². The standard InChI is InChI=1S/C55H66N10O8S/c1-36(2)44-7-5-6-8-45(44)49-34-62(35-51-58-32-42(72-4)33-59-51)23-24-64(49)40-28-55(29-40)18-21-63(22-19-55)39-9-11-46(50(26-39)73-41-25-38-15-20-56-52(38)60-31-41)53(66)61-74(70,71)43-10-12-47(48(27-43)65(68)69)57-30-37-13-16-54(3,67)17-14-37/h5-12,15,20,25-27,31-33,36-37,40,49,57,67H,13-14,16-19,21-24,28-30,34-35H2,1-4H3,(H,56,60)(H,61,66). The second kappa shape index (κ2) is 20.9. The Kier molecular flexibility index (Phi) is 14.4. The monoisotopic (exact) mass is 1030 g/mol. The van der Waals surface area contributed by atoms with Crippen molar-refractivity contribution in [2.75, 3.05) is 56.6 Å². The molecule has 4 fully saturated rings. The van der Waals surface area contributed by atoms with E-state index in [0.29, 0.717) is 55.0 Å². The maximum absolute atomic E-state index is 14.1. The molecule has 19 heteroatoms. The van der Waals surface area contributed by atoms with E-state index < -0.39 is 37.0 Å². The van der Waals surface area contributed by atoms with Gasteiger partial charge < -0.3 is 29.8 Å². The van der Waals surface area contributed by atoms with Gasteiger partial charge in [-0.15, -0.1) is 0 Å². The van der Waals surface area contributed by atoms with Gasteiger partial charge in [0.1, 0.15) is 28.7 Å². The second-order valence-corrected chi connectivity index (χ2v) is 23.1. The number of aliphatic hydroxyl groups is 1. The molecule has 18 nitrogen and oxygen atoms in total. The van der Waals surface area contributed by atoms with Crippen LogP contribution in [0.3, 0.4) is 0 Å². The van der Waals surface area contributed by atoms with Crippen LogP contribution in [0.2, 0.25) is 0 Å². The summed E-state index contributed by atoms with van der Waals surface area (Å²) in [4.78, 5) is 49.5. The highest BCUT2D eigenvalue weighted by Gasteiger charge is 2.50. The van der Waals surface area contributed by atoms with E-state index in [9.17, 15) is 28.4 Å². The SMILES string of the molecule is COc1cnc(CN2CCN(C3CC4(CCN(c5ccc(C(=O)NS(=O)(=O)c6ccc(NCC7CCC(C)(O)CC7)c([N+](=O)[O-])c6)c(Oc6cnc7[nH]ccc7c6)c5)CC4)C3)C(c3ccccc3C(C)C)C2)nc1. The molecule has 0 radical (unpaired) electrons. The average molecular weight is 1030 g/mol. The van der Waals surface area contributed by atoms with Crippen LogP contribution in [0.1, 0.15) is 111 Å². The van der Waals surface area contributed by atoms with E-state index in [1.54, 1.807) is 43.9 Å². The van der Waals surface area contributed by atoms with Crippen LogP contribution >= 0.6 is 0 Å². The number of carbonyl (C=O) groups excluding carboxylic acids is 1. The van der Waals surface area contributed by atoms with E-state index in [1.165, 1.54) is 29.5 Å². The number of piperidine rings is 1. The number of nitrogens with one attached hydrogen (secondary N) is 3. The third kappa shape index (κ3) is 11.1. The Hall–Kier alpha value is -6.67. The number of hydrogen-bond donors (Lipinski definition) is 4. The number of sulfonamides is 1. The first-order valence-electron chi connectivity index (χ1n) is 25.8. The van der Waals surface area contributed by atoms with Gasteiger partial charge in [0.25, 0.3) is 21.6 Å². The van der Waals surface area contributed by atoms with E-state index >= 15 is 0 Å². The van der Waals surface area contributed by atoms with Crippen LogP contribution in [-0.4, -0.2) is 112 Å². The number of aromatic amines is 1. The number of pyridine rings is 1. The zero-order chi connectivity index (χ0) is 51.8. The lowest BCUT2D eigenvalue weighted by atomic mass is 9.59. The second-order valence-electron chi connectivity index (χ2n) is 21.4. The number of nitro benzene ring substituents is 1. The van der Waals surface area contributed by atoms with Gasteiger partial charge in [0, 0.05) is 80.8 Å². The summed E-state index contributed by atoms with van der Waals surface area (Å²) in [5.74, 6) is 1.55. The summed E-state index contributed by atoms with van der Waals surface area (Å²) in [7, 11) is -2.97. The van der Waals surface area contributed by atoms with E-state index in [2.05, 4.69) is 82.8 Å². The van der Waals surface area contributed by atoms with Gasteiger partial charge in [-0.05, 0) is 123 Å². The molecule has 1 atom stereocenters. The molecule has 3 aromatic heterocycles. The number of fused-ring (bicyclic) bond motifs is 1. The van der Waals surface area contributed by atoms with Crippen LogP contribution in [0, 0.1) is 21.4 Å². The smallest absolute Gasteiger partial charge is 0.293 e. The molecular formula is C55H66N10O8S. The number of H-pyrrole nitrogens is 1. The molecule has 390 valence electrons. The van der Waals surface area contributed by atoms with Crippen molar-refractivity contribution in [1.82, 2.24) is 34.5 Å². The normalized spacial score (nSPS) is 21.6. The molecule has 1 unspecified atom stereocenters. The number of aromatic nitrogens is 4.